The van der Waals surface area contributed by atoms with E-state index in [2.05, 4.69) is 16.0 Å². The lowest BCUT2D eigenvalue weighted by Gasteiger charge is -2.19. The molecule has 0 saturated carbocycles. The number of methoxy groups -OCH3 is 1. The summed E-state index contributed by atoms with van der Waals surface area (Å²) >= 11 is 0. The van der Waals surface area contributed by atoms with Crippen molar-refractivity contribution in [1.82, 2.24) is 5.32 Å². The Morgan fingerprint density at radius 3 is 1.85 bits per heavy atom. The number of hydrogen-bond donors (Lipinski definition) is 3. The van der Waals surface area contributed by atoms with Crippen LogP contribution in [0.1, 0.15) is 44.5 Å². The lowest BCUT2D eigenvalue weighted by molar-refractivity contribution is -0.143. The summed E-state index contributed by atoms with van der Waals surface area (Å²) in [6, 6.07) is 3.67. The molecular weight excluding hydrogens is 338 g/mol. The first kappa shape index (κ1) is 21.1. The Hall–Kier alpha value is -2.90. The second-order valence-corrected chi connectivity index (χ2v) is 6.34. The molecule has 26 heavy (non-hydrogen) atoms. The van der Waals surface area contributed by atoms with Gasteiger partial charge >= 0.3 is 5.97 Å². The molecule has 0 heterocycles. The van der Waals surface area contributed by atoms with Crippen LogP contribution in [0.2, 0.25) is 0 Å². The van der Waals surface area contributed by atoms with E-state index < -0.39 is 17.9 Å². The number of carbonyl (C=O) groups excluding carboxylic acids is 4. The van der Waals surface area contributed by atoms with Crippen LogP contribution < -0.4 is 16.0 Å². The van der Waals surface area contributed by atoms with Crippen LogP contribution in [-0.2, 0) is 19.1 Å². The zero-order valence-electron chi connectivity index (χ0n) is 15.6. The van der Waals surface area contributed by atoms with Gasteiger partial charge in [-0.05, 0) is 30.5 Å². The zero-order chi connectivity index (χ0) is 19.9. The Balaban J connectivity index is 3.12. The smallest absolute Gasteiger partial charge is 0.328 e. The number of anilines is 2. The van der Waals surface area contributed by atoms with E-state index in [9.17, 15) is 19.2 Å². The first-order valence-electron chi connectivity index (χ1n) is 8.21. The maximum atomic E-state index is 12.6. The summed E-state index contributed by atoms with van der Waals surface area (Å²) in [5, 5.41) is 7.78. The molecule has 3 N–H and O–H groups in total. The van der Waals surface area contributed by atoms with Gasteiger partial charge in [0.2, 0.25) is 11.8 Å². The van der Waals surface area contributed by atoms with Crippen molar-refractivity contribution < 1.29 is 23.9 Å². The van der Waals surface area contributed by atoms with E-state index in [1.807, 2.05) is 13.8 Å². The molecule has 0 unspecified atom stereocenters. The van der Waals surface area contributed by atoms with Crippen LogP contribution in [0.5, 0.6) is 0 Å². The summed E-state index contributed by atoms with van der Waals surface area (Å²) in [5.74, 6) is -1.51. The molecule has 8 heteroatoms. The van der Waals surface area contributed by atoms with E-state index in [1.165, 1.54) is 39.2 Å². The Bertz CT molecular complexity index is 666. The fraction of sp³-hybridized carbons (Fsp3) is 0.444. The van der Waals surface area contributed by atoms with Crippen molar-refractivity contribution in [2.45, 2.75) is 40.2 Å². The minimum absolute atomic E-state index is 0.167. The topological polar surface area (TPSA) is 114 Å². The minimum Gasteiger partial charge on any atom is -0.467 e. The highest BCUT2D eigenvalue weighted by atomic mass is 16.5. The lowest BCUT2D eigenvalue weighted by atomic mass is 10.0. The van der Waals surface area contributed by atoms with Gasteiger partial charge in [0.25, 0.3) is 5.91 Å². The van der Waals surface area contributed by atoms with Crippen molar-refractivity contribution in [3.63, 3.8) is 0 Å². The number of benzene rings is 1. The average Bonchev–Trinajstić information content (AvgIpc) is 2.51. The van der Waals surface area contributed by atoms with Gasteiger partial charge in [-0.2, -0.15) is 0 Å². The first-order valence-corrected chi connectivity index (χ1v) is 8.21. The number of ether oxygens (including phenoxy) is 1. The van der Waals surface area contributed by atoms with Gasteiger partial charge in [-0.25, -0.2) is 4.79 Å². The molecule has 1 atom stereocenters. The van der Waals surface area contributed by atoms with E-state index >= 15 is 0 Å². The Morgan fingerprint density at radius 1 is 0.962 bits per heavy atom. The van der Waals surface area contributed by atoms with Crippen LogP contribution in [0, 0.1) is 5.92 Å². The van der Waals surface area contributed by atoms with Gasteiger partial charge in [-0.15, -0.1) is 0 Å². The predicted molar refractivity (Wildman–Crippen MR) is 97.8 cm³/mol. The number of esters is 1. The number of rotatable bonds is 7. The molecule has 0 aliphatic carbocycles. The summed E-state index contributed by atoms with van der Waals surface area (Å²) in [7, 11) is 1.26. The van der Waals surface area contributed by atoms with Crippen molar-refractivity contribution in [2.24, 2.45) is 5.92 Å². The zero-order valence-corrected chi connectivity index (χ0v) is 15.6. The molecule has 0 aliphatic rings. The predicted octanol–water partition coefficient (Wildman–Crippen LogP) is 1.92. The van der Waals surface area contributed by atoms with Gasteiger partial charge in [0.1, 0.15) is 6.04 Å². The van der Waals surface area contributed by atoms with E-state index in [0.717, 1.165) is 0 Å². The van der Waals surface area contributed by atoms with Crippen LogP contribution in [0.25, 0.3) is 0 Å². The number of hydrogen-bond acceptors (Lipinski definition) is 5. The first-order chi connectivity index (χ1) is 12.1. The van der Waals surface area contributed by atoms with Gasteiger partial charge in [0, 0.05) is 30.8 Å². The van der Waals surface area contributed by atoms with Gasteiger partial charge in [0.15, 0.2) is 0 Å². The van der Waals surface area contributed by atoms with Crippen molar-refractivity contribution in [2.75, 3.05) is 17.7 Å². The van der Waals surface area contributed by atoms with Crippen LogP contribution in [0.4, 0.5) is 11.4 Å². The maximum Gasteiger partial charge on any atom is 0.328 e. The summed E-state index contributed by atoms with van der Waals surface area (Å²) < 4.78 is 4.74. The Morgan fingerprint density at radius 2 is 1.46 bits per heavy atom. The number of carbonyl (C=O) groups is 4. The van der Waals surface area contributed by atoms with E-state index in [0.29, 0.717) is 17.8 Å². The molecule has 0 radical (unpaired) electrons. The molecular formula is C18H25N3O5. The van der Waals surface area contributed by atoms with Crippen LogP contribution >= 0.6 is 0 Å². The maximum absolute atomic E-state index is 12.6. The van der Waals surface area contributed by atoms with Gasteiger partial charge in [0.05, 0.1) is 7.11 Å². The van der Waals surface area contributed by atoms with Crippen molar-refractivity contribution in [1.29, 1.82) is 0 Å². The summed E-state index contributed by atoms with van der Waals surface area (Å²) in [4.78, 5) is 47.1. The fourth-order valence-corrected chi connectivity index (χ4v) is 2.38. The Kier molecular flexibility index (Phi) is 7.77. The normalized spacial score (nSPS) is 11.5. The third kappa shape index (κ3) is 6.92. The average molecular weight is 363 g/mol. The third-order valence-electron chi connectivity index (χ3n) is 3.33. The standard InChI is InChI=1S/C18H25N3O5/c1-10(2)6-16(18(25)26-5)21-17(24)13-7-14(19-11(3)22)9-15(8-13)20-12(4)23/h7-10,16H,6H2,1-5H3,(H,19,22)(H,20,23)(H,21,24)/t16-/m0/s1. The van der Waals surface area contributed by atoms with Crippen molar-refractivity contribution >= 4 is 35.1 Å². The molecule has 1 aromatic carbocycles. The fourth-order valence-electron chi connectivity index (χ4n) is 2.38. The van der Waals surface area contributed by atoms with Crippen molar-refractivity contribution in [3.05, 3.63) is 23.8 Å². The summed E-state index contributed by atoms with van der Waals surface area (Å²) in [5.41, 5.74) is 0.900. The molecule has 8 nitrogen and oxygen atoms in total. The molecule has 0 aliphatic heterocycles. The number of nitrogens with one attached hydrogen (secondary N) is 3. The lowest BCUT2D eigenvalue weighted by Crippen LogP contribution is -2.42. The minimum atomic E-state index is -0.791. The van der Waals surface area contributed by atoms with E-state index in [4.69, 9.17) is 4.74 Å². The van der Waals surface area contributed by atoms with Crippen LogP contribution in [-0.4, -0.2) is 36.8 Å². The van der Waals surface area contributed by atoms with E-state index in [-0.39, 0.29) is 23.3 Å². The summed E-state index contributed by atoms with van der Waals surface area (Å²) in [6.45, 7) is 6.52. The Labute approximate surface area is 152 Å². The van der Waals surface area contributed by atoms with Crippen LogP contribution in [0.15, 0.2) is 18.2 Å². The van der Waals surface area contributed by atoms with E-state index in [1.54, 1.807) is 0 Å². The molecule has 142 valence electrons. The van der Waals surface area contributed by atoms with Crippen LogP contribution in [0.3, 0.4) is 0 Å². The molecule has 1 aromatic rings. The molecule has 0 fully saturated rings. The molecule has 3 amide bonds. The second-order valence-electron chi connectivity index (χ2n) is 6.34. The van der Waals surface area contributed by atoms with Gasteiger partial charge < -0.3 is 20.7 Å². The molecule has 0 saturated heterocycles. The highest BCUT2D eigenvalue weighted by Crippen LogP contribution is 2.20. The highest BCUT2D eigenvalue weighted by Gasteiger charge is 2.23. The van der Waals surface area contributed by atoms with Gasteiger partial charge in [-0.1, -0.05) is 13.8 Å². The number of amides is 3. The van der Waals surface area contributed by atoms with Crippen molar-refractivity contribution in [3.8, 4) is 0 Å². The molecule has 0 aromatic heterocycles. The largest absolute Gasteiger partial charge is 0.467 e. The quantitative estimate of drug-likeness (QED) is 0.641. The summed E-state index contributed by atoms with van der Waals surface area (Å²) in [6.07, 6.45) is 0.419. The monoisotopic (exact) mass is 363 g/mol. The van der Waals surface area contributed by atoms with Gasteiger partial charge in [-0.3, -0.25) is 14.4 Å². The molecule has 0 spiro atoms. The molecule has 1 rings (SSSR count). The molecule has 0 bridgehead atoms. The second kappa shape index (κ2) is 9.55. The SMILES string of the molecule is COC(=O)[C@H](CC(C)C)NC(=O)c1cc(NC(C)=O)cc(NC(C)=O)c1. The third-order valence-corrected chi connectivity index (χ3v) is 3.33. The highest BCUT2D eigenvalue weighted by molar-refractivity contribution is 6.01.